The summed E-state index contributed by atoms with van der Waals surface area (Å²) in [5.41, 5.74) is 1.96. The highest BCUT2D eigenvalue weighted by molar-refractivity contribution is 6.51. The van der Waals surface area contributed by atoms with Crippen molar-refractivity contribution in [3.8, 4) is 11.5 Å². The number of methoxy groups -OCH3 is 2. The highest BCUT2D eigenvalue weighted by Crippen LogP contribution is 2.44. The van der Waals surface area contributed by atoms with Crippen LogP contribution in [0.25, 0.3) is 5.76 Å². The summed E-state index contributed by atoms with van der Waals surface area (Å²) in [6, 6.07) is 16.3. The average Bonchev–Trinajstić information content (AvgIpc) is 3.09. The maximum atomic E-state index is 13.2. The lowest BCUT2D eigenvalue weighted by Crippen LogP contribution is -2.30. The van der Waals surface area contributed by atoms with Crippen LogP contribution in [0.3, 0.4) is 0 Å². The fourth-order valence-corrected chi connectivity index (χ4v) is 3.90. The average molecular weight is 430 g/mol. The van der Waals surface area contributed by atoms with E-state index in [1.807, 2.05) is 0 Å². The molecule has 7 nitrogen and oxygen atoms in total. The normalized spacial score (nSPS) is 17.5. The Hall–Kier alpha value is -4.13. The van der Waals surface area contributed by atoms with E-state index in [-0.39, 0.29) is 11.3 Å². The van der Waals surface area contributed by atoms with Crippen molar-refractivity contribution < 1.29 is 24.2 Å². The predicted octanol–water partition coefficient (Wildman–Crippen LogP) is 4.03. The molecule has 0 aliphatic carbocycles. The van der Waals surface area contributed by atoms with Crippen molar-refractivity contribution in [1.82, 2.24) is 4.98 Å². The van der Waals surface area contributed by atoms with E-state index in [0.29, 0.717) is 34.0 Å². The third kappa shape index (κ3) is 3.47. The summed E-state index contributed by atoms with van der Waals surface area (Å²) in [6.45, 7) is 1.80. The highest BCUT2D eigenvalue weighted by atomic mass is 16.5. The van der Waals surface area contributed by atoms with Gasteiger partial charge in [-0.25, -0.2) is 0 Å². The van der Waals surface area contributed by atoms with Gasteiger partial charge in [0.1, 0.15) is 23.3 Å². The summed E-state index contributed by atoms with van der Waals surface area (Å²) in [4.78, 5) is 32.1. The molecule has 1 amide bonds. The van der Waals surface area contributed by atoms with Gasteiger partial charge in [-0.15, -0.1) is 0 Å². The Kier molecular flexibility index (Phi) is 5.64. The first-order valence-electron chi connectivity index (χ1n) is 9.98. The van der Waals surface area contributed by atoms with Crippen LogP contribution >= 0.6 is 0 Å². The van der Waals surface area contributed by atoms with Crippen LogP contribution in [-0.4, -0.2) is 36.0 Å². The number of hydrogen-bond donors (Lipinski definition) is 1. The summed E-state index contributed by atoms with van der Waals surface area (Å²) >= 11 is 0. The SMILES string of the molecule is COc1ccc(/C(O)=C2/C(=O)C(=O)N(c3ccccc3OC)C2c2ccccn2)c(C)c1. The van der Waals surface area contributed by atoms with Crippen molar-refractivity contribution in [2.45, 2.75) is 13.0 Å². The zero-order chi connectivity index (χ0) is 22.8. The molecule has 1 aromatic heterocycles. The Labute approximate surface area is 185 Å². The van der Waals surface area contributed by atoms with Crippen LogP contribution in [0.15, 0.2) is 72.4 Å². The molecular weight excluding hydrogens is 408 g/mol. The van der Waals surface area contributed by atoms with Gasteiger partial charge in [-0.3, -0.25) is 19.5 Å². The van der Waals surface area contributed by atoms with Gasteiger partial charge in [-0.2, -0.15) is 0 Å². The van der Waals surface area contributed by atoms with E-state index in [1.165, 1.54) is 12.0 Å². The van der Waals surface area contributed by atoms with Crippen LogP contribution in [0.1, 0.15) is 22.9 Å². The molecule has 7 heteroatoms. The zero-order valence-corrected chi connectivity index (χ0v) is 17.9. The zero-order valence-electron chi connectivity index (χ0n) is 17.9. The Bertz CT molecular complexity index is 1220. The first-order chi connectivity index (χ1) is 15.5. The molecule has 4 rings (SSSR count). The van der Waals surface area contributed by atoms with Gasteiger partial charge in [0, 0.05) is 11.8 Å². The quantitative estimate of drug-likeness (QED) is 0.373. The second kappa shape index (κ2) is 8.55. The summed E-state index contributed by atoms with van der Waals surface area (Å²) in [5, 5.41) is 11.3. The van der Waals surface area contributed by atoms with Crippen LogP contribution in [0, 0.1) is 6.92 Å². The molecule has 0 bridgehead atoms. The lowest BCUT2D eigenvalue weighted by Gasteiger charge is -2.26. The van der Waals surface area contributed by atoms with Gasteiger partial charge in [0.15, 0.2) is 0 Å². The van der Waals surface area contributed by atoms with Gasteiger partial charge in [0.2, 0.25) is 0 Å². The second-order valence-electron chi connectivity index (χ2n) is 7.28. The molecular formula is C25H22N2O5. The number of aliphatic hydroxyl groups is 1. The molecule has 0 spiro atoms. The van der Waals surface area contributed by atoms with Gasteiger partial charge in [0.05, 0.1) is 31.2 Å². The number of amides is 1. The molecule has 0 radical (unpaired) electrons. The number of rotatable bonds is 5. The van der Waals surface area contributed by atoms with Crippen LogP contribution in [-0.2, 0) is 9.59 Å². The number of Topliss-reactive ketones (excluding diaryl/α,β-unsaturated/α-hetero) is 1. The molecule has 1 atom stereocenters. The number of ether oxygens (including phenoxy) is 2. The van der Waals surface area contributed by atoms with Crippen molar-refractivity contribution in [1.29, 1.82) is 0 Å². The van der Waals surface area contributed by atoms with Gasteiger partial charge in [-0.05, 0) is 55.0 Å². The third-order valence-corrected chi connectivity index (χ3v) is 5.45. The van der Waals surface area contributed by atoms with E-state index in [9.17, 15) is 14.7 Å². The number of aliphatic hydroxyl groups excluding tert-OH is 1. The number of benzene rings is 2. The first kappa shape index (κ1) is 21.1. The number of anilines is 1. The topological polar surface area (TPSA) is 89.0 Å². The number of aromatic nitrogens is 1. The monoisotopic (exact) mass is 430 g/mol. The molecule has 1 aliphatic heterocycles. The van der Waals surface area contributed by atoms with Crippen LogP contribution in [0.5, 0.6) is 11.5 Å². The summed E-state index contributed by atoms with van der Waals surface area (Å²) in [7, 11) is 3.04. The van der Waals surface area contributed by atoms with Crippen molar-refractivity contribution in [3.63, 3.8) is 0 Å². The number of hydrogen-bond acceptors (Lipinski definition) is 6. The van der Waals surface area contributed by atoms with E-state index >= 15 is 0 Å². The number of ketones is 1. The largest absolute Gasteiger partial charge is 0.507 e. The lowest BCUT2D eigenvalue weighted by molar-refractivity contribution is -0.132. The van der Waals surface area contributed by atoms with E-state index in [1.54, 1.807) is 80.9 Å². The standard InChI is InChI=1S/C25H22N2O5/c1-15-14-16(31-2)11-12-17(15)23(28)21-22(18-8-6-7-13-26-18)27(25(30)24(21)29)19-9-4-5-10-20(19)32-3/h4-14,22,28H,1-3H3/b23-21-. The van der Waals surface area contributed by atoms with Crippen molar-refractivity contribution in [2.24, 2.45) is 0 Å². The maximum Gasteiger partial charge on any atom is 0.300 e. The summed E-state index contributed by atoms with van der Waals surface area (Å²) in [5.74, 6) is -0.778. The van der Waals surface area contributed by atoms with Crippen molar-refractivity contribution in [2.75, 3.05) is 19.1 Å². The maximum absolute atomic E-state index is 13.2. The van der Waals surface area contributed by atoms with Gasteiger partial charge < -0.3 is 14.6 Å². The summed E-state index contributed by atoms with van der Waals surface area (Å²) in [6.07, 6.45) is 1.58. The number of para-hydroxylation sites is 2. The number of carbonyl (C=O) groups is 2. The van der Waals surface area contributed by atoms with E-state index < -0.39 is 17.7 Å². The Balaban J connectivity index is 1.97. The molecule has 1 fully saturated rings. The van der Waals surface area contributed by atoms with Crippen LogP contribution in [0.4, 0.5) is 5.69 Å². The Morgan fingerprint density at radius 3 is 2.41 bits per heavy atom. The first-order valence-corrected chi connectivity index (χ1v) is 9.98. The fraction of sp³-hybridized carbons (Fsp3) is 0.160. The minimum absolute atomic E-state index is 0.0344. The molecule has 3 aromatic rings. The van der Waals surface area contributed by atoms with Crippen LogP contribution in [0.2, 0.25) is 0 Å². The minimum Gasteiger partial charge on any atom is -0.507 e. The third-order valence-electron chi connectivity index (χ3n) is 5.45. The second-order valence-corrected chi connectivity index (χ2v) is 7.28. The smallest absolute Gasteiger partial charge is 0.300 e. The number of aryl methyl sites for hydroxylation is 1. The highest BCUT2D eigenvalue weighted by Gasteiger charge is 2.48. The molecule has 1 N–H and O–H groups in total. The van der Waals surface area contributed by atoms with Crippen molar-refractivity contribution in [3.05, 3.63) is 89.3 Å². The van der Waals surface area contributed by atoms with Gasteiger partial charge in [0.25, 0.3) is 11.7 Å². The van der Waals surface area contributed by atoms with Gasteiger partial charge >= 0.3 is 0 Å². The molecule has 1 saturated heterocycles. The Morgan fingerprint density at radius 1 is 1.00 bits per heavy atom. The fourth-order valence-electron chi connectivity index (χ4n) is 3.90. The van der Waals surface area contributed by atoms with E-state index in [2.05, 4.69) is 4.98 Å². The molecule has 1 unspecified atom stereocenters. The number of pyridine rings is 1. The van der Waals surface area contributed by atoms with Crippen molar-refractivity contribution >= 4 is 23.1 Å². The molecule has 1 aliphatic rings. The van der Waals surface area contributed by atoms with E-state index in [4.69, 9.17) is 9.47 Å². The minimum atomic E-state index is -0.922. The predicted molar refractivity (Wildman–Crippen MR) is 120 cm³/mol. The lowest BCUT2D eigenvalue weighted by atomic mass is 9.96. The molecule has 32 heavy (non-hydrogen) atoms. The summed E-state index contributed by atoms with van der Waals surface area (Å²) < 4.78 is 10.7. The van der Waals surface area contributed by atoms with Gasteiger partial charge in [-0.1, -0.05) is 18.2 Å². The molecule has 162 valence electrons. The molecule has 2 aromatic carbocycles. The Morgan fingerprint density at radius 2 is 1.75 bits per heavy atom. The molecule has 0 saturated carbocycles. The molecule has 2 heterocycles. The number of nitrogens with zero attached hydrogens (tertiary/aromatic N) is 2. The number of carbonyl (C=O) groups excluding carboxylic acids is 2. The van der Waals surface area contributed by atoms with Crippen LogP contribution < -0.4 is 14.4 Å². The van der Waals surface area contributed by atoms with E-state index in [0.717, 1.165) is 0 Å².